The second-order valence-electron chi connectivity index (χ2n) is 6.57. The van der Waals surface area contributed by atoms with Crippen molar-refractivity contribution in [1.29, 1.82) is 0 Å². The zero-order valence-electron chi connectivity index (χ0n) is 14.8. The number of fused-ring (bicyclic) bond motifs is 1. The Labute approximate surface area is 153 Å². The molecule has 2 aliphatic rings. The van der Waals surface area contributed by atoms with E-state index >= 15 is 0 Å². The van der Waals surface area contributed by atoms with Gasteiger partial charge in [-0.2, -0.15) is 0 Å². The van der Waals surface area contributed by atoms with Gasteiger partial charge in [-0.1, -0.05) is 24.3 Å². The molecule has 2 fully saturated rings. The van der Waals surface area contributed by atoms with E-state index in [9.17, 15) is 9.59 Å². The summed E-state index contributed by atoms with van der Waals surface area (Å²) in [5.74, 6) is 1.74. The number of carbonyl (C=O) groups excluding carboxylic acids is 2. The molecule has 26 heavy (non-hydrogen) atoms. The number of hydrogen-bond acceptors (Lipinski definition) is 3. The maximum Gasteiger partial charge on any atom is 0.253 e. The van der Waals surface area contributed by atoms with E-state index in [-0.39, 0.29) is 11.8 Å². The minimum absolute atomic E-state index is 0.112. The lowest BCUT2D eigenvalue weighted by Crippen LogP contribution is -2.30. The van der Waals surface area contributed by atoms with Crippen molar-refractivity contribution in [3.63, 3.8) is 0 Å². The normalized spacial score (nSPS) is 20.1. The Morgan fingerprint density at radius 2 is 1.85 bits per heavy atom. The molecule has 1 saturated heterocycles. The van der Waals surface area contributed by atoms with Crippen molar-refractivity contribution in [2.24, 2.45) is 11.8 Å². The number of pyridine rings is 1. The molecule has 2 atom stereocenters. The van der Waals surface area contributed by atoms with Crippen LogP contribution in [0.15, 0.2) is 60.9 Å². The summed E-state index contributed by atoms with van der Waals surface area (Å²) < 4.78 is 0. The van der Waals surface area contributed by atoms with E-state index in [1.54, 1.807) is 25.5 Å². The number of nitrogens with one attached hydrogen (secondary N) is 1. The first-order valence-electron chi connectivity index (χ1n) is 8.81. The van der Waals surface area contributed by atoms with Gasteiger partial charge in [-0.05, 0) is 48.1 Å². The highest BCUT2D eigenvalue weighted by atomic mass is 16.2. The van der Waals surface area contributed by atoms with Crippen LogP contribution in [0.5, 0.6) is 0 Å². The average Bonchev–Trinajstić information content (AvgIpc) is 3.32. The number of carbonyl (C=O) groups is 2. The van der Waals surface area contributed by atoms with Gasteiger partial charge in [0.05, 0.1) is 0 Å². The molecule has 1 N–H and O–H groups in total. The van der Waals surface area contributed by atoms with Crippen LogP contribution in [0, 0.1) is 11.8 Å². The second-order valence-corrected chi connectivity index (χ2v) is 6.57. The monoisotopic (exact) mass is 349 g/mol. The highest BCUT2D eigenvalue weighted by molar-refractivity contribution is 5.94. The molecule has 2 unspecified atom stereocenters. The van der Waals surface area contributed by atoms with Crippen LogP contribution < -0.4 is 5.32 Å². The molecule has 0 spiro atoms. The van der Waals surface area contributed by atoms with Gasteiger partial charge in [-0.25, -0.2) is 0 Å². The van der Waals surface area contributed by atoms with Gasteiger partial charge in [0.15, 0.2) is 0 Å². The smallest absolute Gasteiger partial charge is 0.253 e. The molecule has 0 radical (unpaired) electrons. The molecule has 0 bridgehead atoms. The van der Waals surface area contributed by atoms with E-state index in [4.69, 9.17) is 0 Å². The fourth-order valence-corrected chi connectivity index (χ4v) is 3.06. The molecule has 1 aliphatic heterocycles. The van der Waals surface area contributed by atoms with Crippen LogP contribution in [0.2, 0.25) is 0 Å². The highest BCUT2D eigenvalue weighted by Gasteiger charge is 2.46. The van der Waals surface area contributed by atoms with Crippen molar-refractivity contribution in [2.75, 3.05) is 20.1 Å². The van der Waals surface area contributed by atoms with E-state index in [1.807, 2.05) is 47.4 Å². The molecule has 1 saturated carbocycles. The molecule has 2 aromatic rings. The van der Waals surface area contributed by atoms with Gasteiger partial charge >= 0.3 is 0 Å². The summed E-state index contributed by atoms with van der Waals surface area (Å²) in [7, 11) is 1.59. The number of benzene rings is 1. The Balaban J connectivity index is 0.000000153. The first kappa shape index (κ1) is 17.9. The van der Waals surface area contributed by atoms with Crippen LogP contribution in [0.25, 0.3) is 6.08 Å². The number of hydrogen-bond donors (Lipinski definition) is 1. The predicted molar refractivity (Wildman–Crippen MR) is 101 cm³/mol. The van der Waals surface area contributed by atoms with Crippen LogP contribution in [0.3, 0.4) is 0 Å². The van der Waals surface area contributed by atoms with Crippen LogP contribution in [0.1, 0.15) is 22.3 Å². The number of amides is 2. The zero-order chi connectivity index (χ0) is 18.4. The number of piperidine rings is 1. The molecule has 2 heterocycles. The number of aromatic nitrogens is 1. The summed E-state index contributed by atoms with van der Waals surface area (Å²) in [6.45, 7) is 1.97. The standard InChI is InChI=1S/C12H13NO.C9H10N2O/c14-12(9-4-2-1-3-5-9)13-7-10-6-11(10)8-13;1-10-9(12)5-4-8-3-2-6-11-7-8/h1-5,10-11H,6-8H2;2-7H,1H3,(H,10,12)/b;5-4+. The van der Waals surface area contributed by atoms with Crippen LogP contribution in [0.4, 0.5) is 0 Å². The van der Waals surface area contributed by atoms with Crippen molar-refractivity contribution < 1.29 is 9.59 Å². The minimum atomic E-state index is -0.112. The maximum absolute atomic E-state index is 11.9. The maximum atomic E-state index is 11.9. The first-order valence-corrected chi connectivity index (χ1v) is 8.81. The lowest BCUT2D eigenvalue weighted by Gasteiger charge is -2.17. The molecule has 4 rings (SSSR count). The Kier molecular flexibility index (Phi) is 5.79. The quantitative estimate of drug-likeness (QED) is 0.867. The summed E-state index contributed by atoms with van der Waals surface area (Å²) in [5.41, 5.74) is 1.75. The number of rotatable bonds is 3. The molecule has 1 aliphatic carbocycles. The van der Waals surface area contributed by atoms with Crippen LogP contribution in [-0.4, -0.2) is 41.8 Å². The fourth-order valence-electron chi connectivity index (χ4n) is 3.06. The van der Waals surface area contributed by atoms with Crippen molar-refractivity contribution in [3.8, 4) is 0 Å². The molecule has 5 nitrogen and oxygen atoms in total. The Morgan fingerprint density at radius 1 is 1.12 bits per heavy atom. The van der Waals surface area contributed by atoms with Crippen molar-refractivity contribution in [2.45, 2.75) is 6.42 Å². The topological polar surface area (TPSA) is 62.3 Å². The van der Waals surface area contributed by atoms with Gasteiger partial charge in [-0.3, -0.25) is 14.6 Å². The third-order valence-electron chi connectivity index (χ3n) is 4.64. The molecular formula is C21H23N3O2. The van der Waals surface area contributed by atoms with Gasteiger partial charge in [0, 0.05) is 44.2 Å². The van der Waals surface area contributed by atoms with Gasteiger partial charge < -0.3 is 10.2 Å². The zero-order valence-corrected chi connectivity index (χ0v) is 14.8. The minimum Gasteiger partial charge on any atom is -0.356 e. The van der Waals surface area contributed by atoms with Gasteiger partial charge in [0.25, 0.3) is 5.91 Å². The van der Waals surface area contributed by atoms with Crippen molar-refractivity contribution in [1.82, 2.24) is 15.2 Å². The van der Waals surface area contributed by atoms with Gasteiger partial charge in [0.2, 0.25) is 5.91 Å². The summed E-state index contributed by atoms with van der Waals surface area (Å²) in [4.78, 5) is 28.6. The van der Waals surface area contributed by atoms with Crippen molar-refractivity contribution in [3.05, 3.63) is 72.1 Å². The summed E-state index contributed by atoms with van der Waals surface area (Å²) in [6.07, 6.45) is 7.91. The van der Waals surface area contributed by atoms with Crippen molar-refractivity contribution >= 4 is 17.9 Å². The van der Waals surface area contributed by atoms with E-state index in [0.29, 0.717) is 0 Å². The summed E-state index contributed by atoms with van der Waals surface area (Å²) >= 11 is 0. The number of likely N-dealkylation sites (N-methyl/N-ethyl adjacent to an activating group) is 1. The molecule has 1 aromatic carbocycles. The third kappa shape index (κ3) is 4.79. The predicted octanol–water partition coefficient (Wildman–Crippen LogP) is 2.62. The molecular weight excluding hydrogens is 326 g/mol. The number of nitrogens with zero attached hydrogens (tertiary/aromatic N) is 2. The lowest BCUT2D eigenvalue weighted by molar-refractivity contribution is -0.115. The molecule has 2 amide bonds. The summed E-state index contributed by atoms with van der Waals surface area (Å²) in [5, 5.41) is 2.49. The van der Waals surface area contributed by atoms with E-state index in [2.05, 4.69) is 10.3 Å². The SMILES string of the molecule is CNC(=O)/C=C/c1cccnc1.O=C(c1ccccc1)N1CC2CC2C1. The van der Waals surface area contributed by atoms with Gasteiger partial charge in [-0.15, -0.1) is 0 Å². The number of likely N-dealkylation sites (tertiary alicyclic amines) is 1. The summed E-state index contributed by atoms with van der Waals surface area (Å²) in [6, 6.07) is 13.3. The Bertz CT molecular complexity index is 764. The lowest BCUT2D eigenvalue weighted by atomic mass is 10.2. The fraction of sp³-hybridized carbons (Fsp3) is 0.286. The van der Waals surface area contributed by atoms with E-state index < -0.39 is 0 Å². The third-order valence-corrected chi connectivity index (χ3v) is 4.64. The Hall–Kier alpha value is -2.95. The van der Waals surface area contributed by atoms with Crippen LogP contribution in [-0.2, 0) is 4.79 Å². The largest absolute Gasteiger partial charge is 0.356 e. The first-order chi connectivity index (χ1) is 12.7. The average molecular weight is 349 g/mol. The second kappa shape index (κ2) is 8.43. The van der Waals surface area contributed by atoms with E-state index in [0.717, 1.165) is 36.1 Å². The molecule has 1 aromatic heterocycles. The van der Waals surface area contributed by atoms with Gasteiger partial charge in [0.1, 0.15) is 0 Å². The van der Waals surface area contributed by atoms with Crippen LogP contribution >= 0.6 is 0 Å². The highest BCUT2D eigenvalue weighted by Crippen LogP contribution is 2.45. The molecule has 5 heteroatoms. The Morgan fingerprint density at radius 3 is 2.46 bits per heavy atom. The molecule has 134 valence electrons. The van der Waals surface area contributed by atoms with E-state index in [1.165, 1.54) is 12.5 Å².